The SMILES string of the molecule is CC(C)C1(N)CN(C(=O)c2cc(O)cc(O)c2)C1. The predicted octanol–water partition coefficient (Wildman–Crippen LogP) is 0.907. The van der Waals surface area contributed by atoms with Crippen molar-refractivity contribution in [1.82, 2.24) is 4.90 Å². The standard InChI is InChI=1S/C13H18N2O3/c1-8(2)13(14)6-15(7-13)12(18)9-3-10(16)5-11(17)4-9/h3-5,8,16-17H,6-7,14H2,1-2H3. The van der Waals surface area contributed by atoms with Crippen LogP contribution in [-0.4, -0.2) is 39.6 Å². The van der Waals surface area contributed by atoms with Gasteiger partial charge in [-0.25, -0.2) is 0 Å². The summed E-state index contributed by atoms with van der Waals surface area (Å²) in [5.74, 6) is -0.162. The van der Waals surface area contributed by atoms with Crippen LogP contribution in [0.1, 0.15) is 24.2 Å². The molecule has 1 heterocycles. The topological polar surface area (TPSA) is 86.8 Å². The smallest absolute Gasteiger partial charge is 0.254 e. The van der Waals surface area contributed by atoms with Crippen molar-refractivity contribution in [2.45, 2.75) is 19.4 Å². The van der Waals surface area contributed by atoms with Crippen LogP contribution in [0.4, 0.5) is 0 Å². The molecule has 4 N–H and O–H groups in total. The number of rotatable bonds is 2. The van der Waals surface area contributed by atoms with Gasteiger partial charge in [0.25, 0.3) is 5.91 Å². The molecule has 0 atom stereocenters. The first-order valence-corrected chi connectivity index (χ1v) is 5.93. The van der Waals surface area contributed by atoms with Gasteiger partial charge < -0.3 is 20.8 Å². The lowest BCUT2D eigenvalue weighted by atomic mass is 9.80. The minimum atomic E-state index is -0.325. The number of phenols is 2. The number of phenolic OH excluding ortho intramolecular Hbond substituents is 2. The summed E-state index contributed by atoms with van der Waals surface area (Å²) in [7, 11) is 0. The first-order valence-electron chi connectivity index (χ1n) is 5.93. The van der Waals surface area contributed by atoms with Crippen LogP contribution in [0, 0.1) is 5.92 Å². The molecule has 0 aromatic heterocycles. The number of hydrogen-bond donors (Lipinski definition) is 3. The zero-order chi connectivity index (χ0) is 13.5. The number of hydrogen-bond acceptors (Lipinski definition) is 4. The minimum Gasteiger partial charge on any atom is -0.508 e. The van der Waals surface area contributed by atoms with Crippen LogP contribution in [-0.2, 0) is 0 Å². The number of nitrogens with zero attached hydrogens (tertiary/aromatic N) is 1. The summed E-state index contributed by atoms with van der Waals surface area (Å²) < 4.78 is 0. The van der Waals surface area contributed by atoms with Gasteiger partial charge in [-0.3, -0.25) is 4.79 Å². The monoisotopic (exact) mass is 250 g/mol. The zero-order valence-electron chi connectivity index (χ0n) is 10.6. The first-order chi connectivity index (χ1) is 8.32. The summed E-state index contributed by atoms with van der Waals surface area (Å²) in [6, 6.07) is 3.87. The molecule has 5 nitrogen and oxygen atoms in total. The summed E-state index contributed by atoms with van der Waals surface area (Å²) in [5, 5.41) is 18.7. The fourth-order valence-electron chi connectivity index (χ4n) is 2.07. The van der Waals surface area contributed by atoms with Crippen molar-refractivity contribution in [3.8, 4) is 11.5 Å². The van der Waals surface area contributed by atoms with E-state index in [2.05, 4.69) is 0 Å². The van der Waals surface area contributed by atoms with Crippen molar-refractivity contribution < 1.29 is 15.0 Å². The maximum absolute atomic E-state index is 12.1. The molecule has 0 spiro atoms. The quantitative estimate of drug-likeness (QED) is 0.728. The Labute approximate surface area is 106 Å². The van der Waals surface area contributed by atoms with Crippen molar-refractivity contribution in [1.29, 1.82) is 0 Å². The Morgan fingerprint density at radius 3 is 2.22 bits per heavy atom. The molecule has 1 saturated heterocycles. The van der Waals surface area contributed by atoms with Gasteiger partial charge >= 0.3 is 0 Å². The number of amides is 1. The molecular formula is C13H18N2O3. The van der Waals surface area contributed by atoms with E-state index in [0.29, 0.717) is 19.0 Å². The van der Waals surface area contributed by atoms with Gasteiger partial charge in [-0.2, -0.15) is 0 Å². The van der Waals surface area contributed by atoms with Crippen LogP contribution in [0.2, 0.25) is 0 Å². The minimum absolute atomic E-state index is 0.123. The largest absolute Gasteiger partial charge is 0.508 e. The van der Waals surface area contributed by atoms with Crippen LogP contribution in [0.3, 0.4) is 0 Å². The lowest BCUT2D eigenvalue weighted by Crippen LogP contribution is -2.71. The van der Waals surface area contributed by atoms with E-state index in [9.17, 15) is 15.0 Å². The lowest BCUT2D eigenvalue weighted by Gasteiger charge is -2.50. The van der Waals surface area contributed by atoms with Crippen molar-refractivity contribution in [3.63, 3.8) is 0 Å². The van der Waals surface area contributed by atoms with Crippen LogP contribution >= 0.6 is 0 Å². The number of benzene rings is 1. The molecule has 0 unspecified atom stereocenters. The highest BCUT2D eigenvalue weighted by atomic mass is 16.3. The van der Waals surface area contributed by atoms with Crippen molar-refractivity contribution in [2.75, 3.05) is 13.1 Å². The highest BCUT2D eigenvalue weighted by molar-refractivity contribution is 5.95. The third kappa shape index (κ3) is 2.13. The second-order valence-electron chi connectivity index (χ2n) is 5.29. The van der Waals surface area contributed by atoms with Gasteiger partial charge in [0.2, 0.25) is 0 Å². The van der Waals surface area contributed by atoms with Crippen molar-refractivity contribution in [3.05, 3.63) is 23.8 Å². The molecule has 18 heavy (non-hydrogen) atoms. The number of likely N-dealkylation sites (tertiary alicyclic amines) is 1. The van der Waals surface area contributed by atoms with E-state index < -0.39 is 0 Å². The molecule has 2 rings (SSSR count). The Morgan fingerprint density at radius 1 is 1.28 bits per heavy atom. The molecule has 0 saturated carbocycles. The van der Waals surface area contributed by atoms with Gasteiger partial charge in [0, 0.05) is 24.7 Å². The Bertz CT molecular complexity index is 459. The molecule has 1 aromatic rings. The van der Waals surface area contributed by atoms with E-state index >= 15 is 0 Å². The van der Waals surface area contributed by atoms with Gasteiger partial charge in [0.05, 0.1) is 5.54 Å². The number of nitrogens with two attached hydrogens (primary N) is 1. The predicted molar refractivity (Wildman–Crippen MR) is 67.4 cm³/mol. The molecule has 1 aliphatic rings. The summed E-state index contributed by atoms with van der Waals surface area (Å²) >= 11 is 0. The van der Waals surface area contributed by atoms with Crippen molar-refractivity contribution in [2.24, 2.45) is 11.7 Å². The number of aromatic hydroxyl groups is 2. The van der Waals surface area contributed by atoms with Crippen LogP contribution in [0.25, 0.3) is 0 Å². The normalized spacial score (nSPS) is 17.7. The van der Waals surface area contributed by atoms with Gasteiger partial charge in [-0.1, -0.05) is 13.8 Å². The van der Waals surface area contributed by atoms with E-state index in [1.807, 2.05) is 13.8 Å². The van der Waals surface area contributed by atoms with Gasteiger partial charge in [-0.15, -0.1) is 0 Å². The number of carbonyl (C=O) groups is 1. The third-order valence-electron chi connectivity index (χ3n) is 3.56. The Balaban J connectivity index is 2.10. The van der Waals surface area contributed by atoms with Crippen LogP contribution < -0.4 is 5.73 Å². The fraction of sp³-hybridized carbons (Fsp3) is 0.462. The molecule has 0 aliphatic carbocycles. The second kappa shape index (κ2) is 4.17. The molecule has 0 bridgehead atoms. The average molecular weight is 250 g/mol. The van der Waals surface area contributed by atoms with Crippen molar-refractivity contribution >= 4 is 5.91 Å². The molecule has 1 amide bonds. The highest BCUT2D eigenvalue weighted by Crippen LogP contribution is 2.29. The fourth-order valence-corrected chi connectivity index (χ4v) is 2.07. The molecule has 0 radical (unpaired) electrons. The molecule has 1 aliphatic heterocycles. The van der Waals surface area contributed by atoms with Gasteiger partial charge in [0.15, 0.2) is 0 Å². The molecule has 1 aromatic carbocycles. The molecule has 1 fully saturated rings. The Kier molecular flexibility index (Phi) is 2.94. The Morgan fingerprint density at radius 2 is 1.78 bits per heavy atom. The molecule has 5 heteroatoms. The van der Waals surface area contributed by atoms with Gasteiger partial charge in [0.1, 0.15) is 11.5 Å². The van der Waals surface area contributed by atoms with E-state index in [1.54, 1.807) is 4.90 Å². The van der Waals surface area contributed by atoms with E-state index in [1.165, 1.54) is 18.2 Å². The molecular weight excluding hydrogens is 232 g/mol. The zero-order valence-corrected chi connectivity index (χ0v) is 10.6. The molecule has 98 valence electrons. The first kappa shape index (κ1) is 12.7. The summed E-state index contributed by atoms with van der Waals surface area (Å²) in [6.07, 6.45) is 0. The van der Waals surface area contributed by atoms with E-state index in [4.69, 9.17) is 5.73 Å². The van der Waals surface area contributed by atoms with E-state index in [-0.39, 0.29) is 28.5 Å². The lowest BCUT2D eigenvalue weighted by molar-refractivity contribution is 0.0274. The Hall–Kier alpha value is -1.75. The van der Waals surface area contributed by atoms with Crippen LogP contribution in [0.15, 0.2) is 18.2 Å². The van der Waals surface area contributed by atoms with Gasteiger partial charge in [-0.05, 0) is 18.1 Å². The second-order valence-corrected chi connectivity index (χ2v) is 5.29. The summed E-state index contributed by atoms with van der Waals surface area (Å²) in [5.41, 5.74) is 6.07. The van der Waals surface area contributed by atoms with E-state index in [0.717, 1.165) is 0 Å². The summed E-state index contributed by atoms with van der Waals surface area (Å²) in [6.45, 7) is 5.06. The maximum Gasteiger partial charge on any atom is 0.254 e. The highest BCUT2D eigenvalue weighted by Gasteiger charge is 2.44. The third-order valence-corrected chi connectivity index (χ3v) is 3.56. The van der Waals surface area contributed by atoms with Crippen LogP contribution in [0.5, 0.6) is 11.5 Å². The number of carbonyl (C=O) groups excluding carboxylic acids is 1. The maximum atomic E-state index is 12.1. The average Bonchev–Trinajstić information content (AvgIpc) is 2.22. The summed E-state index contributed by atoms with van der Waals surface area (Å²) in [4.78, 5) is 13.7.